The van der Waals surface area contributed by atoms with Crippen molar-refractivity contribution in [3.05, 3.63) is 23.8 Å². The molecule has 0 aliphatic heterocycles. The van der Waals surface area contributed by atoms with Crippen LogP contribution in [0.3, 0.4) is 0 Å². The average molecular weight is 376 g/mol. The summed E-state index contributed by atoms with van der Waals surface area (Å²) in [6.07, 6.45) is 5.53. The van der Waals surface area contributed by atoms with E-state index in [1.165, 1.54) is 12.2 Å². The first kappa shape index (κ1) is 19.0. The lowest BCUT2D eigenvalue weighted by atomic mass is 9.45. The molecule has 4 rings (SSSR count). The number of carbonyl (C=O) groups is 2. The highest BCUT2D eigenvalue weighted by Gasteiger charge is 2.71. The average Bonchev–Trinajstić information content (AvgIpc) is 2.86. The fourth-order valence-electron chi connectivity index (χ4n) is 7.36. The molecule has 0 amide bonds. The standard InChI is InChI=1S/C22H29FO4/c1-12-8-16-15-5-4-13-9-14(25)6-7-21(13,3)22(15,23)18(27)10-20(16,2)19(12)17(26)11-24/h6-7,9,12,15-16,18-19,24,27H,4-5,8,10-11H2,1-3H3/t12-,15?,16?,18?,19?,20?,21?,22+/m1/s1. The van der Waals surface area contributed by atoms with Gasteiger partial charge in [-0.05, 0) is 62.0 Å². The van der Waals surface area contributed by atoms with Gasteiger partial charge in [0.2, 0.25) is 0 Å². The van der Waals surface area contributed by atoms with Crippen molar-refractivity contribution in [3.8, 4) is 0 Å². The lowest BCUT2D eigenvalue weighted by Crippen LogP contribution is -2.66. The Morgan fingerprint density at radius 1 is 1.33 bits per heavy atom. The third kappa shape index (κ3) is 2.21. The molecule has 0 aromatic carbocycles. The summed E-state index contributed by atoms with van der Waals surface area (Å²) >= 11 is 0. The van der Waals surface area contributed by atoms with Gasteiger partial charge in [-0.25, -0.2) is 4.39 Å². The summed E-state index contributed by atoms with van der Waals surface area (Å²) in [6, 6.07) is 0. The molecular formula is C22H29FO4. The highest BCUT2D eigenvalue weighted by Crippen LogP contribution is 2.69. The van der Waals surface area contributed by atoms with Gasteiger partial charge in [0, 0.05) is 17.3 Å². The number of rotatable bonds is 2. The number of aliphatic hydroxyl groups excluding tert-OH is 2. The van der Waals surface area contributed by atoms with Gasteiger partial charge in [-0.1, -0.05) is 25.5 Å². The molecule has 6 unspecified atom stereocenters. The van der Waals surface area contributed by atoms with Crippen molar-refractivity contribution in [3.63, 3.8) is 0 Å². The number of hydrogen-bond acceptors (Lipinski definition) is 4. The maximum Gasteiger partial charge on any atom is 0.178 e. The number of carbonyl (C=O) groups excluding carboxylic acids is 2. The maximum absolute atomic E-state index is 16.8. The minimum absolute atomic E-state index is 0.0224. The second-order valence-electron chi connectivity index (χ2n) is 9.67. The Morgan fingerprint density at radius 2 is 2.04 bits per heavy atom. The second kappa shape index (κ2) is 5.84. The number of ketones is 2. The number of fused-ring (bicyclic) bond motifs is 5. The monoisotopic (exact) mass is 376 g/mol. The van der Waals surface area contributed by atoms with E-state index in [1.807, 2.05) is 13.8 Å². The quantitative estimate of drug-likeness (QED) is 0.777. The Balaban J connectivity index is 1.80. The summed E-state index contributed by atoms with van der Waals surface area (Å²) in [5.41, 5.74) is -2.59. The van der Waals surface area contributed by atoms with E-state index in [0.717, 1.165) is 12.0 Å². The number of halogens is 1. The fourth-order valence-corrected chi connectivity index (χ4v) is 7.36. The molecule has 0 saturated heterocycles. The topological polar surface area (TPSA) is 74.6 Å². The summed E-state index contributed by atoms with van der Waals surface area (Å²) in [4.78, 5) is 24.3. The van der Waals surface area contributed by atoms with Crippen molar-refractivity contribution in [2.24, 2.45) is 34.5 Å². The van der Waals surface area contributed by atoms with E-state index < -0.39 is 29.2 Å². The van der Waals surface area contributed by atoms with Gasteiger partial charge in [0.15, 0.2) is 17.2 Å². The van der Waals surface area contributed by atoms with Crippen molar-refractivity contribution < 1.29 is 24.2 Å². The molecule has 0 radical (unpaired) electrons. The lowest BCUT2D eigenvalue weighted by molar-refractivity contribution is -0.195. The van der Waals surface area contributed by atoms with E-state index in [9.17, 15) is 19.8 Å². The Labute approximate surface area is 159 Å². The van der Waals surface area contributed by atoms with Gasteiger partial charge < -0.3 is 10.2 Å². The SMILES string of the molecule is C[C@@H]1CC2C3CCC4=CC(=O)C=CC4(C)[C@@]3(F)C(O)CC2(C)C1C(=O)CO. The normalized spacial score (nSPS) is 51.3. The molecule has 3 saturated carbocycles. The molecule has 0 bridgehead atoms. The van der Waals surface area contributed by atoms with Gasteiger partial charge in [0.05, 0.1) is 6.10 Å². The molecule has 2 N–H and O–H groups in total. The number of Topliss-reactive ketones (excluding diaryl/α,β-unsaturated/α-hetero) is 1. The Hall–Kier alpha value is -1.33. The van der Waals surface area contributed by atoms with Crippen molar-refractivity contribution in [2.75, 3.05) is 6.61 Å². The number of allylic oxidation sites excluding steroid dienone is 4. The van der Waals surface area contributed by atoms with Crippen LogP contribution in [0.2, 0.25) is 0 Å². The van der Waals surface area contributed by atoms with Crippen LogP contribution in [0.4, 0.5) is 4.39 Å². The molecule has 4 nitrogen and oxygen atoms in total. The lowest BCUT2D eigenvalue weighted by Gasteiger charge is -2.62. The van der Waals surface area contributed by atoms with Crippen LogP contribution in [0.5, 0.6) is 0 Å². The predicted molar refractivity (Wildman–Crippen MR) is 98.5 cm³/mol. The van der Waals surface area contributed by atoms with Crippen LogP contribution in [0.15, 0.2) is 23.8 Å². The number of aliphatic hydroxyl groups is 2. The molecule has 148 valence electrons. The van der Waals surface area contributed by atoms with Crippen LogP contribution in [0, 0.1) is 34.5 Å². The van der Waals surface area contributed by atoms with Crippen LogP contribution < -0.4 is 0 Å². The van der Waals surface area contributed by atoms with Crippen molar-refractivity contribution in [2.45, 2.75) is 58.2 Å². The van der Waals surface area contributed by atoms with E-state index in [1.54, 1.807) is 13.0 Å². The minimum Gasteiger partial charge on any atom is -0.390 e. The second-order valence-corrected chi connectivity index (χ2v) is 9.67. The largest absolute Gasteiger partial charge is 0.390 e. The van der Waals surface area contributed by atoms with Crippen LogP contribution in [0.1, 0.15) is 46.5 Å². The van der Waals surface area contributed by atoms with Crippen LogP contribution in [0.25, 0.3) is 0 Å². The third-order valence-electron chi connectivity index (χ3n) is 8.48. The summed E-state index contributed by atoms with van der Waals surface area (Å²) in [5, 5.41) is 20.6. The van der Waals surface area contributed by atoms with Gasteiger partial charge in [-0.3, -0.25) is 9.59 Å². The van der Waals surface area contributed by atoms with Crippen LogP contribution >= 0.6 is 0 Å². The van der Waals surface area contributed by atoms with E-state index in [2.05, 4.69) is 0 Å². The van der Waals surface area contributed by atoms with Crippen molar-refractivity contribution >= 4 is 11.6 Å². The summed E-state index contributed by atoms with van der Waals surface area (Å²) in [5.74, 6) is -1.00. The summed E-state index contributed by atoms with van der Waals surface area (Å²) in [6.45, 7) is 5.29. The molecule has 27 heavy (non-hydrogen) atoms. The van der Waals surface area contributed by atoms with E-state index in [-0.39, 0.29) is 41.7 Å². The zero-order valence-electron chi connectivity index (χ0n) is 16.2. The first-order valence-corrected chi connectivity index (χ1v) is 10.0. The molecule has 4 aliphatic carbocycles. The summed E-state index contributed by atoms with van der Waals surface area (Å²) in [7, 11) is 0. The molecular weight excluding hydrogens is 347 g/mol. The van der Waals surface area contributed by atoms with Crippen LogP contribution in [-0.4, -0.2) is 40.2 Å². The molecule has 5 heteroatoms. The van der Waals surface area contributed by atoms with Crippen LogP contribution in [-0.2, 0) is 9.59 Å². The van der Waals surface area contributed by atoms with E-state index in [4.69, 9.17) is 0 Å². The predicted octanol–water partition coefficient (Wildman–Crippen LogP) is 2.78. The van der Waals surface area contributed by atoms with Gasteiger partial charge >= 0.3 is 0 Å². The summed E-state index contributed by atoms with van der Waals surface area (Å²) < 4.78 is 16.8. The fraction of sp³-hybridized carbons (Fsp3) is 0.727. The third-order valence-corrected chi connectivity index (χ3v) is 8.48. The Morgan fingerprint density at radius 3 is 2.70 bits per heavy atom. The molecule has 0 spiro atoms. The molecule has 4 aliphatic rings. The Kier molecular flexibility index (Phi) is 4.11. The highest BCUT2D eigenvalue weighted by atomic mass is 19.1. The van der Waals surface area contributed by atoms with Gasteiger partial charge in [0.1, 0.15) is 6.61 Å². The molecule has 0 heterocycles. The molecule has 0 aromatic rings. The van der Waals surface area contributed by atoms with Crippen molar-refractivity contribution in [1.82, 2.24) is 0 Å². The molecule has 3 fully saturated rings. The van der Waals surface area contributed by atoms with E-state index in [0.29, 0.717) is 12.8 Å². The van der Waals surface area contributed by atoms with Gasteiger partial charge in [0.25, 0.3) is 0 Å². The van der Waals surface area contributed by atoms with Gasteiger partial charge in [-0.15, -0.1) is 0 Å². The highest BCUT2D eigenvalue weighted by molar-refractivity contribution is 6.01. The Bertz CT molecular complexity index is 757. The smallest absolute Gasteiger partial charge is 0.178 e. The number of alkyl halides is 1. The molecule has 0 aromatic heterocycles. The zero-order chi connectivity index (χ0) is 19.8. The van der Waals surface area contributed by atoms with E-state index >= 15 is 4.39 Å². The first-order chi connectivity index (χ1) is 12.6. The minimum atomic E-state index is -1.85. The number of hydrogen-bond donors (Lipinski definition) is 2. The maximum atomic E-state index is 16.8. The van der Waals surface area contributed by atoms with Crippen molar-refractivity contribution in [1.29, 1.82) is 0 Å². The first-order valence-electron chi connectivity index (χ1n) is 10.0. The van der Waals surface area contributed by atoms with Gasteiger partial charge in [-0.2, -0.15) is 0 Å². The molecule has 8 atom stereocenters. The zero-order valence-corrected chi connectivity index (χ0v) is 16.2.